The van der Waals surface area contributed by atoms with Gasteiger partial charge < -0.3 is 0 Å². The van der Waals surface area contributed by atoms with Crippen LogP contribution in [0, 0.1) is 6.92 Å². The lowest BCUT2D eigenvalue weighted by Gasteiger charge is -2.13. The number of allylic oxidation sites excluding steroid dienone is 1. The van der Waals surface area contributed by atoms with Gasteiger partial charge in [0.15, 0.2) is 0 Å². The van der Waals surface area contributed by atoms with Crippen molar-refractivity contribution in [3.63, 3.8) is 0 Å². The van der Waals surface area contributed by atoms with E-state index in [9.17, 15) is 0 Å². The van der Waals surface area contributed by atoms with Crippen molar-refractivity contribution in [3.05, 3.63) is 64.2 Å². The van der Waals surface area contributed by atoms with Crippen molar-refractivity contribution in [2.24, 2.45) is 0 Å². The van der Waals surface area contributed by atoms with Crippen LogP contribution >= 0.6 is 0 Å². The molecule has 0 saturated carbocycles. The first-order valence-electron chi connectivity index (χ1n) is 8.00. The quantitative estimate of drug-likeness (QED) is 0.632. The summed E-state index contributed by atoms with van der Waals surface area (Å²) in [5, 5.41) is 0. The van der Waals surface area contributed by atoms with Crippen LogP contribution in [0.4, 0.5) is 0 Å². The molecule has 0 heterocycles. The molecule has 21 heavy (non-hydrogen) atoms. The molecule has 0 saturated heterocycles. The van der Waals surface area contributed by atoms with Crippen molar-refractivity contribution in [1.29, 1.82) is 0 Å². The van der Waals surface area contributed by atoms with Gasteiger partial charge in [-0.1, -0.05) is 61.9 Å². The summed E-state index contributed by atoms with van der Waals surface area (Å²) in [5.74, 6) is 0.643. The van der Waals surface area contributed by atoms with Crippen LogP contribution in [0.3, 0.4) is 0 Å². The van der Waals surface area contributed by atoms with Crippen LogP contribution < -0.4 is 0 Å². The first-order chi connectivity index (χ1) is 10.1. The van der Waals surface area contributed by atoms with Gasteiger partial charge in [-0.25, -0.2) is 0 Å². The lowest BCUT2D eigenvalue weighted by atomic mass is 9.92. The maximum atomic E-state index is 2.36. The Balaban J connectivity index is 2.04. The van der Waals surface area contributed by atoms with Gasteiger partial charge in [0, 0.05) is 0 Å². The Hall–Kier alpha value is -1.82. The molecule has 1 aliphatic rings. The molecular weight excluding hydrogens is 252 g/mol. The van der Waals surface area contributed by atoms with Crippen LogP contribution in [0.25, 0.3) is 17.2 Å². The molecule has 0 aliphatic heterocycles. The van der Waals surface area contributed by atoms with E-state index in [1.54, 1.807) is 0 Å². The van der Waals surface area contributed by atoms with Crippen molar-refractivity contribution in [2.45, 2.75) is 46.5 Å². The Labute approximate surface area is 128 Å². The molecule has 0 bridgehead atoms. The molecule has 0 amide bonds. The predicted molar refractivity (Wildman–Crippen MR) is 92.7 cm³/mol. The van der Waals surface area contributed by atoms with E-state index in [0.717, 1.165) is 6.42 Å². The second-order valence-electron chi connectivity index (χ2n) is 6.42. The normalized spacial score (nSPS) is 14.8. The fraction of sp³-hybridized carbons (Fsp3) is 0.333. The molecule has 0 radical (unpaired) electrons. The van der Waals surface area contributed by atoms with E-state index in [0.29, 0.717) is 5.92 Å². The highest BCUT2D eigenvalue weighted by atomic mass is 14.2. The zero-order valence-electron chi connectivity index (χ0n) is 13.5. The summed E-state index contributed by atoms with van der Waals surface area (Å²) in [4.78, 5) is 0. The highest BCUT2D eigenvalue weighted by Crippen LogP contribution is 2.36. The molecule has 0 spiro atoms. The third-order valence-corrected chi connectivity index (χ3v) is 4.84. The first-order valence-corrected chi connectivity index (χ1v) is 8.00. The van der Waals surface area contributed by atoms with Crippen LogP contribution in [-0.2, 0) is 6.42 Å². The van der Waals surface area contributed by atoms with Gasteiger partial charge >= 0.3 is 0 Å². The summed E-state index contributed by atoms with van der Waals surface area (Å²) in [6, 6.07) is 13.7. The van der Waals surface area contributed by atoms with Crippen molar-refractivity contribution in [2.75, 3.05) is 0 Å². The monoisotopic (exact) mass is 276 g/mol. The molecule has 1 unspecified atom stereocenters. The SMILES string of the molecule is CCC(C)c1ccc(-c2ccc(C)c3c2C=C(C)C3)cc1. The van der Waals surface area contributed by atoms with Crippen LogP contribution in [0.5, 0.6) is 0 Å². The minimum atomic E-state index is 0.643. The summed E-state index contributed by atoms with van der Waals surface area (Å²) in [6.45, 7) is 9.00. The number of hydrogen-bond donors (Lipinski definition) is 0. The number of benzene rings is 2. The molecule has 108 valence electrons. The fourth-order valence-electron chi connectivity index (χ4n) is 3.23. The van der Waals surface area contributed by atoms with Gasteiger partial charge in [0.2, 0.25) is 0 Å². The molecule has 0 fully saturated rings. The smallest absolute Gasteiger partial charge is 0.00577 e. The summed E-state index contributed by atoms with van der Waals surface area (Å²) >= 11 is 0. The predicted octanol–water partition coefficient (Wildman–Crippen LogP) is 6.13. The molecule has 0 nitrogen and oxygen atoms in total. The van der Waals surface area contributed by atoms with E-state index in [4.69, 9.17) is 0 Å². The summed E-state index contributed by atoms with van der Waals surface area (Å²) in [5.41, 5.74) is 9.98. The Bertz CT molecular complexity index is 687. The third-order valence-electron chi connectivity index (χ3n) is 4.84. The summed E-state index contributed by atoms with van der Waals surface area (Å²) in [7, 11) is 0. The average Bonchev–Trinajstić information content (AvgIpc) is 2.89. The van der Waals surface area contributed by atoms with Gasteiger partial charge in [-0.05, 0) is 66.0 Å². The van der Waals surface area contributed by atoms with Crippen LogP contribution in [0.15, 0.2) is 42.0 Å². The Morgan fingerprint density at radius 1 is 1.00 bits per heavy atom. The summed E-state index contributed by atoms with van der Waals surface area (Å²) < 4.78 is 0. The lowest BCUT2D eigenvalue weighted by molar-refractivity contribution is 0.734. The Morgan fingerprint density at radius 3 is 2.38 bits per heavy atom. The average molecular weight is 276 g/mol. The maximum absolute atomic E-state index is 2.36. The standard InChI is InChI=1S/C21H24/c1-5-15(3)17-7-9-18(10-8-17)19-11-6-16(4)20-12-14(2)13-21(19)20/h6-11,13,15H,5,12H2,1-4H3. The second-order valence-corrected chi connectivity index (χ2v) is 6.42. The zero-order chi connectivity index (χ0) is 15.0. The molecule has 3 rings (SSSR count). The van der Waals surface area contributed by atoms with E-state index in [1.807, 2.05) is 0 Å². The summed E-state index contributed by atoms with van der Waals surface area (Å²) in [6.07, 6.45) is 4.67. The number of aryl methyl sites for hydroxylation is 1. The highest BCUT2D eigenvalue weighted by molar-refractivity contribution is 5.81. The molecular formula is C21H24. The molecule has 1 atom stereocenters. The molecule has 2 aromatic rings. The second kappa shape index (κ2) is 5.52. The third kappa shape index (κ3) is 2.55. The Kier molecular flexibility index (Phi) is 3.71. The van der Waals surface area contributed by atoms with E-state index < -0.39 is 0 Å². The van der Waals surface area contributed by atoms with E-state index >= 15 is 0 Å². The molecule has 2 aromatic carbocycles. The molecule has 0 N–H and O–H groups in total. The van der Waals surface area contributed by atoms with Crippen LogP contribution in [-0.4, -0.2) is 0 Å². The zero-order valence-corrected chi connectivity index (χ0v) is 13.5. The molecule has 0 heteroatoms. The van der Waals surface area contributed by atoms with Gasteiger partial charge in [0.05, 0.1) is 0 Å². The minimum absolute atomic E-state index is 0.643. The topological polar surface area (TPSA) is 0 Å². The number of hydrogen-bond acceptors (Lipinski definition) is 0. The highest BCUT2D eigenvalue weighted by Gasteiger charge is 2.16. The molecule has 0 aromatic heterocycles. The van der Waals surface area contributed by atoms with E-state index in [2.05, 4.69) is 70.2 Å². The van der Waals surface area contributed by atoms with Crippen molar-refractivity contribution < 1.29 is 0 Å². The van der Waals surface area contributed by atoms with Gasteiger partial charge in [0.1, 0.15) is 0 Å². The van der Waals surface area contributed by atoms with Crippen molar-refractivity contribution in [3.8, 4) is 11.1 Å². The van der Waals surface area contributed by atoms with Crippen LogP contribution in [0.2, 0.25) is 0 Å². The van der Waals surface area contributed by atoms with Crippen molar-refractivity contribution in [1.82, 2.24) is 0 Å². The van der Waals surface area contributed by atoms with Crippen molar-refractivity contribution >= 4 is 6.08 Å². The first kappa shape index (κ1) is 14.1. The van der Waals surface area contributed by atoms with Crippen LogP contribution in [0.1, 0.15) is 55.4 Å². The lowest BCUT2D eigenvalue weighted by Crippen LogP contribution is -1.93. The van der Waals surface area contributed by atoms with E-state index in [1.165, 1.54) is 45.4 Å². The largest absolute Gasteiger partial charge is 0.0683 e. The van der Waals surface area contributed by atoms with E-state index in [-0.39, 0.29) is 0 Å². The van der Waals surface area contributed by atoms with Gasteiger partial charge in [-0.2, -0.15) is 0 Å². The van der Waals surface area contributed by atoms with Gasteiger partial charge in [-0.3, -0.25) is 0 Å². The number of rotatable bonds is 3. The molecule has 1 aliphatic carbocycles. The Morgan fingerprint density at radius 2 is 1.71 bits per heavy atom. The number of fused-ring (bicyclic) bond motifs is 1. The fourth-order valence-corrected chi connectivity index (χ4v) is 3.23. The van der Waals surface area contributed by atoms with Gasteiger partial charge in [0.25, 0.3) is 0 Å². The maximum Gasteiger partial charge on any atom is -0.00577 e. The minimum Gasteiger partial charge on any atom is -0.0683 e. The van der Waals surface area contributed by atoms with Gasteiger partial charge in [-0.15, -0.1) is 0 Å².